The van der Waals surface area contributed by atoms with Crippen LogP contribution in [-0.4, -0.2) is 63.7 Å². The Balaban J connectivity index is 1.31. The fourth-order valence-corrected chi connectivity index (χ4v) is 4.74. The number of hydrogen-bond donors (Lipinski definition) is 2. The molecule has 4 rings (SSSR count). The Morgan fingerprint density at radius 3 is 2.82 bits per heavy atom. The number of guanidine groups is 1. The molecule has 0 saturated carbocycles. The van der Waals surface area contributed by atoms with Gasteiger partial charge in [0, 0.05) is 43.8 Å². The van der Waals surface area contributed by atoms with Crippen molar-refractivity contribution in [2.24, 2.45) is 4.99 Å². The lowest BCUT2D eigenvalue weighted by atomic mass is 9.82. The maximum absolute atomic E-state index is 4.82. The van der Waals surface area contributed by atoms with E-state index in [0.717, 1.165) is 55.4 Å². The quantitative estimate of drug-likeness (QED) is 0.455. The van der Waals surface area contributed by atoms with E-state index in [9.17, 15) is 0 Å². The van der Waals surface area contributed by atoms with Crippen LogP contribution in [0.2, 0.25) is 0 Å². The van der Waals surface area contributed by atoms with Crippen LogP contribution >= 0.6 is 0 Å². The molecule has 0 aliphatic carbocycles. The minimum atomic E-state index is 0.532. The first kappa shape index (κ1) is 19.2. The Hall–Kier alpha value is -2.15. The van der Waals surface area contributed by atoms with Crippen molar-refractivity contribution in [1.29, 1.82) is 0 Å². The molecule has 2 N–H and O–H groups in total. The van der Waals surface area contributed by atoms with Gasteiger partial charge in [0.25, 0.3) is 0 Å². The summed E-state index contributed by atoms with van der Waals surface area (Å²) in [5.41, 5.74) is 0.906. The van der Waals surface area contributed by atoms with Crippen LogP contribution in [-0.2, 0) is 6.42 Å². The zero-order valence-corrected chi connectivity index (χ0v) is 17.1. The van der Waals surface area contributed by atoms with Crippen LogP contribution in [0.1, 0.15) is 51.3 Å². The minimum Gasteiger partial charge on any atom is -0.357 e. The van der Waals surface area contributed by atoms with Crippen molar-refractivity contribution < 1.29 is 0 Å². The molecule has 0 spiro atoms. The number of aliphatic imine (C=N–C) groups is 1. The highest BCUT2D eigenvalue weighted by atomic mass is 15.2. The molecule has 2 aromatic rings. The minimum absolute atomic E-state index is 0.532. The molecule has 2 bridgehead atoms. The molecule has 7 nitrogen and oxygen atoms in total. The van der Waals surface area contributed by atoms with Gasteiger partial charge in [0.1, 0.15) is 5.82 Å². The van der Waals surface area contributed by atoms with E-state index >= 15 is 0 Å². The van der Waals surface area contributed by atoms with Crippen molar-refractivity contribution in [1.82, 2.24) is 30.1 Å². The standard InChI is InChI=1S/C21H33N7/c1-3-22-21(24-16-14-17-8-6-9-18(15-16)27(17)2)23-12-7-11-20-26-25-19-10-4-5-13-28(19)20/h4-5,10,13,16-18H,3,6-9,11-12,14-15H2,1-2H3,(H2,22,23,24). The van der Waals surface area contributed by atoms with Gasteiger partial charge in [0.15, 0.2) is 11.6 Å². The van der Waals surface area contributed by atoms with Crippen molar-refractivity contribution in [2.75, 3.05) is 20.1 Å². The molecule has 152 valence electrons. The van der Waals surface area contributed by atoms with Crippen molar-refractivity contribution in [3.8, 4) is 0 Å². The molecule has 0 radical (unpaired) electrons. The molecule has 0 aromatic carbocycles. The maximum Gasteiger partial charge on any atom is 0.191 e. The highest BCUT2D eigenvalue weighted by Gasteiger charge is 2.36. The van der Waals surface area contributed by atoms with Gasteiger partial charge in [-0.1, -0.05) is 12.5 Å². The third kappa shape index (κ3) is 4.29. The first-order valence-corrected chi connectivity index (χ1v) is 10.8. The molecule has 2 aliphatic heterocycles. The predicted octanol–water partition coefficient (Wildman–Crippen LogP) is 2.23. The Bertz CT molecular complexity index is 785. The fourth-order valence-electron chi connectivity index (χ4n) is 4.74. The molecule has 2 aromatic heterocycles. The topological polar surface area (TPSA) is 69.8 Å². The summed E-state index contributed by atoms with van der Waals surface area (Å²) in [6, 6.07) is 7.98. The molecule has 0 amide bonds. The van der Waals surface area contributed by atoms with Crippen LogP contribution in [0.4, 0.5) is 0 Å². The first-order valence-electron chi connectivity index (χ1n) is 10.8. The van der Waals surface area contributed by atoms with Gasteiger partial charge in [0.05, 0.1) is 0 Å². The summed E-state index contributed by atoms with van der Waals surface area (Å²) in [6.07, 6.45) is 10.4. The summed E-state index contributed by atoms with van der Waals surface area (Å²) in [7, 11) is 2.30. The number of nitrogens with zero attached hydrogens (tertiary/aromatic N) is 5. The van der Waals surface area contributed by atoms with Crippen LogP contribution in [0, 0.1) is 0 Å². The average Bonchev–Trinajstić information content (AvgIpc) is 3.09. The summed E-state index contributed by atoms with van der Waals surface area (Å²) in [5.74, 6) is 1.97. The predicted molar refractivity (Wildman–Crippen MR) is 113 cm³/mol. The number of pyridine rings is 1. The van der Waals surface area contributed by atoms with E-state index in [2.05, 4.69) is 44.1 Å². The normalized spacial score (nSPS) is 25.8. The molecule has 7 heteroatoms. The number of aryl methyl sites for hydroxylation is 1. The van der Waals surface area contributed by atoms with Gasteiger partial charge >= 0.3 is 0 Å². The van der Waals surface area contributed by atoms with Gasteiger partial charge in [-0.15, -0.1) is 10.2 Å². The van der Waals surface area contributed by atoms with Crippen molar-refractivity contribution in [3.63, 3.8) is 0 Å². The molecule has 2 aliphatic rings. The van der Waals surface area contributed by atoms with Crippen molar-refractivity contribution in [2.45, 2.75) is 70.0 Å². The smallest absolute Gasteiger partial charge is 0.191 e. The van der Waals surface area contributed by atoms with E-state index < -0.39 is 0 Å². The number of fused-ring (bicyclic) bond motifs is 3. The van der Waals surface area contributed by atoms with Gasteiger partial charge in [-0.05, 0) is 58.2 Å². The second kappa shape index (κ2) is 8.90. The summed E-state index contributed by atoms with van der Waals surface area (Å²) >= 11 is 0. The van der Waals surface area contributed by atoms with Crippen molar-refractivity contribution >= 4 is 11.6 Å². The molecule has 28 heavy (non-hydrogen) atoms. The Labute approximate surface area is 167 Å². The molecule has 2 atom stereocenters. The number of rotatable bonds is 6. The Kier molecular flexibility index (Phi) is 6.10. The second-order valence-corrected chi connectivity index (χ2v) is 8.13. The largest absolute Gasteiger partial charge is 0.357 e. The van der Waals surface area contributed by atoms with E-state index in [1.807, 2.05) is 24.4 Å². The van der Waals surface area contributed by atoms with Crippen LogP contribution in [0.15, 0.2) is 29.4 Å². The fraction of sp³-hybridized carbons (Fsp3) is 0.667. The molecular formula is C21H33N7. The summed E-state index contributed by atoms with van der Waals surface area (Å²) in [6.45, 7) is 3.81. The van der Waals surface area contributed by atoms with Crippen LogP contribution in [0.25, 0.3) is 5.65 Å². The number of aromatic nitrogens is 3. The average molecular weight is 384 g/mol. The van der Waals surface area contributed by atoms with Crippen LogP contribution < -0.4 is 10.6 Å². The zero-order chi connectivity index (χ0) is 19.3. The van der Waals surface area contributed by atoms with Gasteiger partial charge in [-0.25, -0.2) is 0 Å². The lowest BCUT2D eigenvalue weighted by Gasteiger charge is -2.47. The molecule has 4 heterocycles. The number of hydrogen-bond acceptors (Lipinski definition) is 4. The highest BCUT2D eigenvalue weighted by molar-refractivity contribution is 5.80. The summed E-state index contributed by atoms with van der Waals surface area (Å²) < 4.78 is 2.06. The number of piperidine rings is 2. The maximum atomic E-state index is 4.82. The second-order valence-electron chi connectivity index (χ2n) is 8.13. The lowest BCUT2D eigenvalue weighted by Crippen LogP contribution is -2.56. The lowest BCUT2D eigenvalue weighted by molar-refractivity contribution is 0.0526. The van der Waals surface area contributed by atoms with Gasteiger partial charge in [0.2, 0.25) is 0 Å². The van der Waals surface area contributed by atoms with E-state index in [1.165, 1.54) is 32.1 Å². The first-order chi connectivity index (χ1) is 13.7. The highest BCUT2D eigenvalue weighted by Crippen LogP contribution is 2.32. The van der Waals surface area contributed by atoms with Crippen LogP contribution in [0.5, 0.6) is 0 Å². The molecular weight excluding hydrogens is 350 g/mol. The third-order valence-corrected chi connectivity index (χ3v) is 6.24. The monoisotopic (exact) mass is 383 g/mol. The van der Waals surface area contributed by atoms with Crippen LogP contribution in [0.3, 0.4) is 0 Å². The Morgan fingerprint density at radius 2 is 2.04 bits per heavy atom. The van der Waals surface area contributed by atoms with Gasteiger partial charge < -0.3 is 15.5 Å². The van der Waals surface area contributed by atoms with E-state index in [1.54, 1.807) is 0 Å². The SMILES string of the molecule is CCNC(=NCCCc1nnc2ccccn12)NC1CC2CCCC(C1)N2C. The van der Waals surface area contributed by atoms with Gasteiger partial charge in [-0.2, -0.15) is 0 Å². The van der Waals surface area contributed by atoms with Crippen molar-refractivity contribution in [3.05, 3.63) is 30.2 Å². The zero-order valence-electron chi connectivity index (χ0n) is 17.1. The third-order valence-electron chi connectivity index (χ3n) is 6.24. The van der Waals surface area contributed by atoms with Gasteiger partial charge in [-0.3, -0.25) is 9.39 Å². The molecule has 2 saturated heterocycles. The Morgan fingerprint density at radius 1 is 1.21 bits per heavy atom. The summed E-state index contributed by atoms with van der Waals surface area (Å²) in [4.78, 5) is 7.43. The van der Waals surface area contributed by atoms with E-state index in [4.69, 9.17) is 4.99 Å². The molecule has 2 unspecified atom stereocenters. The number of nitrogens with one attached hydrogen (secondary N) is 2. The summed E-state index contributed by atoms with van der Waals surface area (Å²) in [5, 5.41) is 15.7. The van der Waals surface area contributed by atoms with E-state index in [0.29, 0.717) is 6.04 Å². The molecule has 2 fully saturated rings. The van der Waals surface area contributed by atoms with E-state index in [-0.39, 0.29) is 0 Å².